The van der Waals surface area contributed by atoms with Crippen molar-refractivity contribution in [2.45, 2.75) is 26.9 Å². The Morgan fingerprint density at radius 3 is 1.20 bits per heavy atom. The van der Waals surface area contributed by atoms with Crippen LogP contribution in [0.3, 0.4) is 0 Å². The van der Waals surface area contributed by atoms with Crippen molar-refractivity contribution < 1.29 is 47.6 Å². The van der Waals surface area contributed by atoms with Crippen LogP contribution in [0.5, 0.6) is 23.0 Å². The Bertz CT molecular complexity index is 1590. The van der Waals surface area contributed by atoms with E-state index in [1.54, 1.807) is 55.5 Å². The highest BCUT2D eigenvalue weighted by Crippen LogP contribution is 2.19. The van der Waals surface area contributed by atoms with Crippen molar-refractivity contribution in [1.82, 2.24) is 0 Å². The average molecular weight is 613 g/mol. The van der Waals surface area contributed by atoms with E-state index < -0.39 is 30.0 Å². The maximum Gasteiger partial charge on any atom is 0.343 e. The topological polar surface area (TPSA) is 124 Å². The van der Waals surface area contributed by atoms with E-state index in [0.29, 0.717) is 35.8 Å². The molecule has 0 N–H and O–H groups in total. The summed E-state index contributed by atoms with van der Waals surface area (Å²) in [5.74, 6) is -0.573. The van der Waals surface area contributed by atoms with Crippen LogP contribution in [-0.4, -0.2) is 49.8 Å². The molecule has 10 nitrogen and oxygen atoms in total. The Hall–Kier alpha value is -5.64. The van der Waals surface area contributed by atoms with Crippen molar-refractivity contribution >= 4 is 23.9 Å². The summed E-state index contributed by atoms with van der Waals surface area (Å²) in [5, 5.41) is 0. The van der Waals surface area contributed by atoms with Crippen LogP contribution in [0.1, 0.15) is 62.2 Å². The normalized spacial score (nSPS) is 11.1. The van der Waals surface area contributed by atoms with E-state index in [-0.39, 0.29) is 29.2 Å². The van der Waals surface area contributed by atoms with Gasteiger partial charge in [-0.05, 0) is 118 Å². The molecule has 0 amide bonds. The van der Waals surface area contributed by atoms with E-state index in [2.05, 4.69) is 0 Å². The van der Waals surface area contributed by atoms with Gasteiger partial charge in [0.15, 0.2) is 0 Å². The summed E-state index contributed by atoms with van der Waals surface area (Å²) in [6.45, 7) is 6.18. The quantitative estimate of drug-likeness (QED) is 0.125. The molecule has 0 fully saturated rings. The van der Waals surface area contributed by atoms with Gasteiger partial charge in [-0.3, -0.25) is 0 Å². The number of ether oxygens (including phenoxy) is 6. The van der Waals surface area contributed by atoms with Crippen molar-refractivity contribution in [3.05, 3.63) is 119 Å². The van der Waals surface area contributed by atoms with Gasteiger partial charge in [-0.1, -0.05) is 0 Å². The van der Waals surface area contributed by atoms with Crippen molar-refractivity contribution in [2.24, 2.45) is 0 Å². The van der Waals surface area contributed by atoms with Gasteiger partial charge in [0.1, 0.15) is 35.7 Å². The minimum atomic E-state index is -0.743. The van der Waals surface area contributed by atoms with Gasteiger partial charge in [-0.25, -0.2) is 19.2 Å². The van der Waals surface area contributed by atoms with Gasteiger partial charge in [0.2, 0.25) is 0 Å². The molecule has 0 aliphatic heterocycles. The predicted molar refractivity (Wildman–Crippen MR) is 163 cm³/mol. The number of carbonyl (C=O) groups is 4. The van der Waals surface area contributed by atoms with Gasteiger partial charge in [-0.2, -0.15) is 0 Å². The molecule has 4 aromatic carbocycles. The van der Waals surface area contributed by atoms with E-state index >= 15 is 0 Å². The van der Waals surface area contributed by atoms with Crippen molar-refractivity contribution in [2.75, 3.05) is 19.8 Å². The first kappa shape index (κ1) is 32.3. The number of rotatable bonds is 13. The largest absolute Gasteiger partial charge is 0.494 e. The minimum absolute atomic E-state index is 0.184. The van der Waals surface area contributed by atoms with Gasteiger partial charge in [0.05, 0.1) is 35.5 Å². The number of benzene rings is 4. The molecule has 232 valence electrons. The Kier molecular flexibility index (Phi) is 11.3. The highest BCUT2D eigenvalue weighted by Gasteiger charge is 2.17. The molecule has 4 aromatic rings. The second-order valence-corrected chi connectivity index (χ2v) is 9.56. The molecule has 45 heavy (non-hydrogen) atoms. The van der Waals surface area contributed by atoms with E-state index in [1.165, 1.54) is 48.5 Å². The summed E-state index contributed by atoms with van der Waals surface area (Å²) in [5.41, 5.74) is 1.16. The first-order valence-corrected chi connectivity index (χ1v) is 14.2. The van der Waals surface area contributed by atoms with E-state index in [0.717, 1.165) is 0 Å². The molecule has 10 heteroatoms. The van der Waals surface area contributed by atoms with Crippen LogP contribution in [0.2, 0.25) is 0 Å². The van der Waals surface area contributed by atoms with Crippen molar-refractivity contribution in [1.29, 1.82) is 0 Å². The fraction of sp³-hybridized carbons (Fsp3) is 0.200. The monoisotopic (exact) mass is 612 g/mol. The van der Waals surface area contributed by atoms with Crippen LogP contribution < -0.4 is 18.9 Å². The van der Waals surface area contributed by atoms with E-state index in [9.17, 15) is 19.2 Å². The van der Waals surface area contributed by atoms with Crippen LogP contribution in [0, 0.1) is 0 Å². The standard InChI is InChI=1S/C35H32O10/c1-4-40-28-14-6-26(7-15-28)34(38)44-30-18-10-24(11-19-30)32(36)42-22-23(3)43-33(37)25-12-20-31(21-13-25)45-35(39)27-8-16-29(17-9-27)41-5-2/h6-21,23H,4-5,22H2,1-3H3. The number of esters is 4. The second kappa shape index (κ2) is 15.7. The molecule has 0 aromatic heterocycles. The molecule has 0 saturated heterocycles. The molecule has 1 unspecified atom stereocenters. The fourth-order valence-corrected chi connectivity index (χ4v) is 3.92. The lowest BCUT2D eigenvalue weighted by atomic mass is 10.2. The maximum absolute atomic E-state index is 12.6. The zero-order valence-corrected chi connectivity index (χ0v) is 25.0. The van der Waals surface area contributed by atoms with Crippen LogP contribution >= 0.6 is 0 Å². The Morgan fingerprint density at radius 1 is 0.489 bits per heavy atom. The summed E-state index contributed by atoms with van der Waals surface area (Å²) in [6.07, 6.45) is -0.743. The summed E-state index contributed by atoms with van der Waals surface area (Å²) in [6, 6.07) is 24.9. The number of hydrogen-bond donors (Lipinski definition) is 0. The molecule has 0 radical (unpaired) electrons. The molecule has 0 saturated carbocycles. The Morgan fingerprint density at radius 2 is 0.822 bits per heavy atom. The predicted octanol–water partition coefficient (Wildman–Crippen LogP) is 6.32. The van der Waals surface area contributed by atoms with Crippen molar-refractivity contribution in [3.63, 3.8) is 0 Å². The lowest BCUT2D eigenvalue weighted by Crippen LogP contribution is -2.22. The fourth-order valence-electron chi connectivity index (χ4n) is 3.92. The third-order valence-corrected chi connectivity index (χ3v) is 6.16. The van der Waals surface area contributed by atoms with E-state index in [4.69, 9.17) is 28.4 Å². The smallest absolute Gasteiger partial charge is 0.343 e. The van der Waals surface area contributed by atoms with Crippen LogP contribution in [0.4, 0.5) is 0 Å². The molecule has 0 aliphatic rings. The molecule has 0 spiro atoms. The van der Waals surface area contributed by atoms with Gasteiger partial charge in [0, 0.05) is 0 Å². The molecule has 0 bridgehead atoms. The van der Waals surface area contributed by atoms with Crippen LogP contribution in [0.25, 0.3) is 0 Å². The zero-order chi connectivity index (χ0) is 32.2. The Labute approximate surface area is 260 Å². The molecule has 0 heterocycles. The summed E-state index contributed by atoms with van der Waals surface area (Å²) < 4.78 is 32.1. The molecule has 0 aliphatic carbocycles. The third-order valence-electron chi connectivity index (χ3n) is 6.16. The second-order valence-electron chi connectivity index (χ2n) is 9.56. The SMILES string of the molecule is CCOc1ccc(C(=O)Oc2ccc(C(=O)OCC(C)OC(=O)c3ccc(OC(=O)c4ccc(OCC)cc4)cc3)cc2)cc1. The van der Waals surface area contributed by atoms with Gasteiger partial charge < -0.3 is 28.4 Å². The Balaban J connectivity index is 1.21. The summed E-state index contributed by atoms with van der Waals surface area (Å²) in [4.78, 5) is 49.8. The molecular weight excluding hydrogens is 580 g/mol. The van der Waals surface area contributed by atoms with Gasteiger partial charge >= 0.3 is 23.9 Å². The van der Waals surface area contributed by atoms with Crippen molar-refractivity contribution in [3.8, 4) is 23.0 Å². The molecule has 4 rings (SSSR count). The summed E-state index contributed by atoms with van der Waals surface area (Å²) >= 11 is 0. The first-order valence-electron chi connectivity index (χ1n) is 14.2. The van der Waals surface area contributed by atoms with Gasteiger partial charge in [-0.15, -0.1) is 0 Å². The van der Waals surface area contributed by atoms with E-state index in [1.807, 2.05) is 13.8 Å². The summed E-state index contributed by atoms with van der Waals surface area (Å²) in [7, 11) is 0. The lowest BCUT2D eigenvalue weighted by molar-refractivity contribution is 0.00447. The minimum Gasteiger partial charge on any atom is -0.494 e. The van der Waals surface area contributed by atoms with Crippen LogP contribution in [-0.2, 0) is 9.47 Å². The third kappa shape index (κ3) is 9.42. The van der Waals surface area contributed by atoms with Crippen LogP contribution in [0.15, 0.2) is 97.1 Å². The van der Waals surface area contributed by atoms with Gasteiger partial charge in [0.25, 0.3) is 0 Å². The highest BCUT2D eigenvalue weighted by atomic mass is 16.6. The lowest BCUT2D eigenvalue weighted by Gasteiger charge is -2.14. The zero-order valence-electron chi connectivity index (χ0n) is 25.0. The number of carbonyl (C=O) groups excluding carboxylic acids is 4. The highest BCUT2D eigenvalue weighted by molar-refractivity contribution is 5.93. The number of hydrogen-bond acceptors (Lipinski definition) is 10. The molecule has 1 atom stereocenters. The first-order chi connectivity index (χ1) is 21.7. The average Bonchev–Trinajstić information content (AvgIpc) is 3.05. The molecular formula is C35H32O10. The maximum atomic E-state index is 12.6.